The molecule has 0 aliphatic heterocycles. The van der Waals surface area contributed by atoms with Gasteiger partial charge in [-0.1, -0.05) is 25.0 Å². The molecular formula is C15H20N2O2. The minimum absolute atomic E-state index is 0.0271. The molecule has 1 unspecified atom stereocenters. The van der Waals surface area contributed by atoms with Crippen molar-refractivity contribution in [3.8, 4) is 18.1 Å². The number of hydrogen-bond acceptors (Lipinski definition) is 3. The van der Waals surface area contributed by atoms with Crippen molar-refractivity contribution in [2.24, 2.45) is 0 Å². The number of nitrogens with one attached hydrogen (secondary N) is 2. The second kappa shape index (κ2) is 8.17. The van der Waals surface area contributed by atoms with Gasteiger partial charge in [0.05, 0.1) is 6.54 Å². The molecule has 1 amide bonds. The molecule has 0 heterocycles. The summed E-state index contributed by atoms with van der Waals surface area (Å²) in [6.45, 7) is 5.25. The SMILES string of the molecule is C#CCNC(=O)COc1cccc(C(C)NCC)c1. The highest BCUT2D eigenvalue weighted by Crippen LogP contribution is 2.18. The van der Waals surface area contributed by atoms with Crippen LogP contribution >= 0.6 is 0 Å². The predicted octanol–water partition coefficient (Wildman–Crippen LogP) is 1.49. The minimum atomic E-state index is -0.219. The van der Waals surface area contributed by atoms with Crippen molar-refractivity contribution in [3.05, 3.63) is 29.8 Å². The maximum absolute atomic E-state index is 11.4. The van der Waals surface area contributed by atoms with Crippen molar-refractivity contribution in [1.29, 1.82) is 0 Å². The zero-order chi connectivity index (χ0) is 14.1. The summed E-state index contributed by atoms with van der Waals surface area (Å²) in [5.41, 5.74) is 1.13. The first-order valence-corrected chi connectivity index (χ1v) is 6.33. The van der Waals surface area contributed by atoms with Gasteiger partial charge in [0.1, 0.15) is 5.75 Å². The molecule has 4 nitrogen and oxygen atoms in total. The Kier molecular flexibility index (Phi) is 6.48. The number of amides is 1. The first-order valence-electron chi connectivity index (χ1n) is 6.33. The van der Waals surface area contributed by atoms with E-state index in [9.17, 15) is 4.79 Å². The quantitative estimate of drug-likeness (QED) is 0.730. The van der Waals surface area contributed by atoms with Crippen LogP contribution in [-0.4, -0.2) is 25.6 Å². The molecule has 1 aromatic carbocycles. The molecule has 0 radical (unpaired) electrons. The van der Waals surface area contributed by atoms with Gasteiger partial charge in [-0.15, -0.1) is 6.42 Å². The van der Waals surface area contributed by atoms with Gasteiger partial charge in [-0.05, 0) is 31.2 Å². The third kappa shape index (κ3) is 5.45. The Labute approximate surface area is 114 Å². The van der Waals surface area contributed by atoms with Crippen molar-refractivity contribution in [3.63, 3.8) is 0 Å². The van der Waals surface area contributed by atoms with Crippen LogP contribution in [0.2, 0.25) is 0 Å². The third-order valence-corrected chi connectivity index (χ3v) is 2.63. The average molecular weight is 260 g/mol. The van der Waals surface area contributed by atoms with Crippen molar-refractivity contribution in [2.75, 3.05) is 19.7 Å². The standard InChI is InChI=1S/C15H20N2O2/c1-4-9-17-15(18)11-19-14-8-6-7-13(10-14)12(3)16-5-2/h1,6-8,10,12,16H,5,9,11H2,2-3H3,(H,17,18). The maximum atomic E-state index is 11.4. The molecule has 0 saturated carbocycles. The van der Waals surface area contributed by atoms with E-state index in [0.29, 0.717) is 5.75 Å². The molecule has 2 N–H and O–H groups in total. The number of carbonyl (C=O) groups is 1. The molecule has 0 saturated heterocycles. The van der Waals surface area contributed by atoms with E-state index in [1.54, 1.807) is 0 Å². The fourth-order valence-electron chi connectivity index (χ4n) is 1.65. The van der Waals surface area contributed by atoms with Crippen molar-refractivity contribution < 1.29 is 9.53 Å². The summed E-state index contributed by atoms with van der Waals surface area (Å²) in [7, 11) is 0. The lowest BCUT2D eigenvalue weighted by Crippen LogP contribution is -2.29. The van der Waals surface area contributed by atoms with E-state index in [1.165, 1.54) is 0 Å². The third-order valence-electron chi connectivity index (χ3n) is 2.63. The van der Waals surface area contributed by atoms with Gasteiger partial charge in [0, 0.05) is 6.04 Å². The molecule has 0 spiro atoms. The highest BCUT2D eigenvalue weighted by atomic mass is 16.5. The van der Waals surface area contributed by atoms with Crippen molar-refractivity contribution in [1.82, 2.24) is 10.6 Å². The van der Waals surface area contributed by atoms with Gasteiger partial charge in [-0.25, -0.2) is 0 Å². The van der Waals surface area contributed by atoms with Gasteiger partial charge in [0.15, 0.2) is 6.61 Å². The van der Waals surface area contributed by atoms with Crippen molar-refractivity contribution >= 4 is 5.91 Å². The number of benzene rings is 1. The summed E-state index contributed by atoms with van der Waals surface area (Å²) in [4.78, 5) is 11.4. The van der Waals surface area contributed by atoms with E-state index in [4.69, 9.17) is 11.2 Å². The molecule has 1 rings (SSSR count). The molecule has 102 valence electrons. The van der Waals surface area contributed by atoms with E-state index >= 15 is 0 Å². The van der Waals surface area contributed by atoms with E-state index in [2.05, 4.69) is 30.4 Å². The van der Waals surface area contributed by atoms with Gasteiger partial charge in [0.2, 0.25) is 0 Å². The summed E-state index contributed by atoms with van der Waals surface area (Å²) in [6.07, 6.45) is 5.05. The van der Waals surface area contributed by atoms with Gasteiger partial charge in [-0.3, -0.25) is 4.79 Å². The van der Waals surface area contributed by atoms with E-state index in [1.807, 2.05) is 24.3 Å². The summed E-state index contributed by atoms with van der Waals surface area (Å²) in [5, 5.41) is 5.87. The Hall–Kier alpha value is -1.99. The fourth-order valence-corrected chi connectivity index (χ4v) is 1.65. The minimum Gasteiger partial charge on any atom is -0.484 e. The van der Waals surface area contributed by atoms with E-state index in [0.717, 1.165) is 12.1 Å². The van der Waals surface area contributed by atoms with Crippen LogP contribution in [0.3, 0.4) is 0 Å². The lowest BCUT2D eigenvalue weighted by atomic mass is 10.1. The molecule has 0 aromatic heterocycles. The lowest BCUT2D eigenvalue weighted by Gasteiger charge is -2.14. The highest BCUT2D eigenvalue weighted by molar-refractivity contribution is 5.77. The largest absolute Gasteiger partial charge is 0.484 e. The topological polar surface area (TPSA) is 50.4 Å². The second-order valence-corrected chi connectivity index (χ2v) is 4.12. The Morgan fingerprint density at radius 3 is 3.00 bits per heavy atom. The predicted molar refractivity (Wildman–Crippen MR) is 75.9 cm³/mol. The molecule has 19 heavy (non-hydrogen) atoms. The molecule has 0 aliphatic carbocycles. The molecule has 1 atom stereocenters. The highest BCUT2D eigenvalue weighted by Gasteiger charge is 2.06. The number of terminal acetylenes is 1. The summed E-state index contributed by atoms with van der Waals surface area (Å²) in [6, 6.07) is 7.96. The van der Waals surface area contributed by atoms with Gasteiger partial charge >= 0.3 is 0 Å². The summed E-state index contributed by atoms with van der Waals surface area (Å²) < 4.78 is 5.43. The zero-order valence-electron chi connectivity index (χ0n) is 11.4. The first kappa shape index (κ1) is 15.1. The Morgan fingerprint density at radius 2 is 2.32 bits per heavy atom. The number of carbonyl (C=O) groups excluding carboxylic acids is 1. The summed E-state index contributed by atoms with van der Waals surface area (Å²) in [5.74, 6) is 2.80. The Morgan fingerprint density at radius 1 is 1.53 bits per heavy atom. The van der Waals surface area contributed by atoms with Crippen LogP contribution in [0, 0.1) is 12.3 Å². The van der Waals surface area contributed by atoms with E-state index in [-0.39, 0.29) is 25.1 Å². The smallest absolute Gasteiger partial charge is 0.258 e. The number of ether oxygens (including phenoxy) is 1. The number of hydrogen-bond donors (Lipinski definition) is 2. The van der Waals surface area contributed by atoms with Crippen molar-refractivity contribution in [2.45, 2.75) is 19.9 Å². The molecule has 4 heteroatoms. The Balaban J connectivity index is 2.53. The molecule has 0 aliphatic rings. The monoisotopic (exact) mass is 260 g/mol. The lowest BCUT2D eigenvalue weighted by molar-refractivity contribution is -0.122. The number of rotatable bonds is 7. The van der Waals surface area contributed by atoms with Crippen LogP contribution in [0.15, 0.2) is 24.3 Å². The molecule has 0 fully saturated rings. The Bertz CT molecular complexity index is 452. The van der Waals surface area contributed by atoms with Gasteiger partial charge < -0.3 is 15.4 Å². The van der Waals surface area contributed by atoms with Gasteiger partial charge in [0.25, 0.3) is 5.91 Å². The van der Waals surface area contributed by atoms with Crippen LogP contribution in [-0.2, 0) is 4.79 Å². The van der Waals surface area contributed by atoms with Crippen LogP contribution in [0.25, 0.3) is 0 Å². The van der Waals surface area contributed by atoms with Gasteiger partial charge in [-0.2, -0.15) is 0 Å². The van der Waals surface area contributed by atoms with Crippen LogP contribution in [0.1, 0.15) is 25.5 Å². The molecule has 0 bridgehead atoms. The zero-order valence-corrected chi connectivity index (χ0v) is 11.4. The van der Waals surface area contributed by atoms with Crippen LogP contribution < -0.4 is 15.4 Å². The molecule has 1 aromatic rings. The van der Waals surface area contributed by atoms with Crippen LogP contribution in [0.5, 0.6) is 5.75 Å². The molecular weight excluding hydrogens is 240 g/mol. The van der Waals surface area contributed by atoms with Crippen LogP contribution in [0.4, 0.5) is 0 Å². The second-order valence-electron chi connectivity index (χ2n) is 4.12. The maximum Gasteiger partial charge on any atom is 0.258 e. The fraction of sp³-hybridized carbons (Fsp3) is 0.400. The normalized spacial score (nSPS) is 11.4. The average Bonchev–Trinajstić information content (AvgIpc) is 2.43. The summed E-state index contributed by atoms with van der Waals surface area (Å²) >= 11 is 0. The van der Waals surface area contributed by atoms with E-state index < -0.39 is 0 Å². The first-order chi connectivity index (χ1) is 9.17.